The summed E-state index contributed by atoms with van der Waals surface area (Å²) in [4.78, 5) is 6.58. The van der Waals surface area contributed by atoms with Crippen molar-refractivity contribution in [3.8, 4) is 5.88 Å². The molecule has 1 aromatic carbocycles. The van der Waals surface area contributed by atoms with E-state index < -0.39 is 0 Å². The van der Waals surface area contributed by atoms with E-state index in [0.717, 1.165) is 12.4 Å². The minimum Gasteiger partial charge on any atom is -0.478 e. The van der Waals surface area contributed by atoms with Crippen LogP contribution in [0.3, 0.4) is 0 Å². The fraction of sp³-hybridized carbons (Fsp3) is 0.312. The van der Waals surface area contributed by atoms with Crippen LogP contribution in [-0.4, -0.2) is 18.6 Å². The van der Waals surface area contributed by atoms with Crippen LogP contribution < -0.4 is 15.4 Å². The fourth-order valence-electron chi connectivity index (χ4n) is 2.09. The van der Waals surface area contributed by atoms with E-state index >= 15 is 0 Å². The van der Waals surface area contributed by atoms with Gasteiger partial charge in [-0.2, -0.15) is 4.98 Å². The first-order valence-electron chi connectivity index (χ1n) is 6.82. The molecule has 4 heteroatoms. The third-order valence-electron chi connectivity index (χ3n) is 3.14. The van der Waals surface area contributed by atoms with Crippen molar-refractivity contribution in [2.75, 3.05) is 18.6 Å². The molecule has 0 spiro atoms. The number of nitrogens with two attached hydrogens (primary N) is 1. The molecule has 0 bridgehead atoms. The Morgan fingerprint density at radius 1 is 1.10 bits per heavy atom. The Morgan fingerprint density at radius 3 is 2.55 bits per heavy atom. The van der Waals surface area contributed by atoms with Crippen molar-refractivity contribution < 1.29 is 4.74 Å². The van der Waals surface area contributed by atoms with Crippen molar-refractivity contribution in [2.24, 2.45) is 5.73 Å². The summed E-state index contributed by atoms with van der Waals surface area (Å²) in [7, 11) is 2.02. The van der Waals surface area contributed by atoms with Crippen LogP contribution >= 0.6 is 0 Å². The predicted octanol–water partition coefficient (Wildman–Crippen LogP) is 2.58. The maximum atomic E-state index is 5.77. The van der Waals surface area contributed by atoms with E-state index in [2.05, 4.69) is 22.0 Å². The molecule has 2 aromatic rings. The summed E-state index contributed by atoms with van der Waals surface area (Å²) in [5.74, 6) is 1.55. The van der Waals surface area contributed by atoms with Crippen LogP contribution in [-0.2, 0) is 13.1 Å². The summed E-state index contributed by atoms with van der Waals surface area (Å²) in [6.45, 7) is 3.90. The van der Waals surface area contributed by atoms with Gasteiger partial charge in [0.1, 0.15) is 5.82 Å². The largest absolute Gasteiger partial charge is 0.478 e. The first kappa shape index (κ1) is 14.3. The average Bonchev–Trinajstić information content (AvgIpc) is 2.48. The van der Waals surface area contributed by atoms with Crippen LogP contribution in [0.1, 0.15) is 18.1 Å². The number of rotatable bonds is 6. The highest BCUT2D eigenvalue weighted by molar-refractivity contribution is 5.41. The van der Waals surface area contributed by atoms with E-state index in [1.807, 2.05) is 44.3 Å². The van der Waals surface area contributed by atoms with Crippen molar-refractivity contribution in [2.45, 2.75) is 20.0 Å². The number of aromatic nitrogens is 1. The predicted molar refractivity (Wildman–Crippen MR) is 81.8 cm³/mol. The van der Waals surface area contributed by atoms with Crippen LogP contribution in [0, 0.1) is 0 Å². The van der Waals surface area contributed by atoms with Crippen LogP contribution in [0.15, 0.2) is 42.5 Å². The molecule has 20 heavy (non-hydrogen) atoms. The van der Waals surface area contributed by atoms with E-state index in [1.54, 1.807) is 0 Å². The van der Waals surface area contributed by atoms with Crippen LogP contribution in [0.2, 0.25) is 0 Å². The average molecular weight is 271 g/mol. The van der Waals surface area contributed by atoms with Crippen molar-refractivity contribution in [1.82, 2.24) is 4.98 Å². The van der Waals surface area contributed by atoms with E-state index in [1.165, 1.54) is 11.1 Å². The quantitative estimate of drug-likeness (QED) is 0.877. The Hall–Kier alpha value is -2.07. The third-order valence-corrected chi connectivity index (χ3v) is 3.14. The van der Waals surface area contributed by atoms with Crippen molar-refractivity contribution in [1.29, 1.82) is 0 Å². The molecule has 0 saturated carbocycles. The van der Waals surface area contributed by atoms with E-state index in [0.29, 0.717) is 19.0 Å². The highest BCUT2D eigenvalue weighted by atomic mass is 16.5. The second-order valence-corrected chi connectivity index (χ2v) is 4.60. The van der Waals surface area contributed by atoms with Gasteiger partial charge in [-0.3, -0.25) is 0 Å². The molecule has 4 nitrogen and oxygen atoms in total. The molecule has 2 N–H and O–H groups in total. The molecular weight excluding hydrogens is 250 g/mol. The topological polar surface area (TPSA) is 51.4 Å². The highest BCUT2D eigenvalue weighted by Gasteiger charge is 2.07. The van der Waals surface area contributed by atoms with Crippen molar-refractivity contribution >= 4 is 5.82 Å². The Morgan fingerprint density at radius 2 is 1.85 bits per heavy atom. The van der Waals surface area contributed by atoms with Gasteiger partial charge in [0.05, 0.1) is 6.61 Å². The molecule has 0 amide bonds. The van der Waals surface area contributed by atoms with Gasteiger partial charge < -0.3 is 15.4 Å². The number of hydrogen-bond donors (Lipinski definition) is 1. The smallest absolute Gasteiger partial charge is 0.215 e. The summed E-state index contributed by atoms with van der Waals surface area (Å²) in [5.41, 5.74) is 8.16. The molecule has 0 aliphatic heterocycles. The van der Waals surface area contributed by atoms with Gasteiger partial charge in [0.2, 0.25) is 5.88 Å². The van der Waals surface area contributed by atoms with Gasteiger partial charge in [0.15, 0.2) is 0 Å². The summed E-state index contributed by atoms with van der Waals surface area (Å²) in [5, 5.41) is 0. The Bertz CT molecular complexity index is 557. The Labute approximate surface area is 120 Å². The summed E-state index contributed by atoms with van der Waals surface area (Å²) < 4.78 is 5.43. The number of benzene rings is 1. The SMILES string of the molecule is CCOc1cccc(N(C)Cc2ccccc2CN)n1. The van der Waals surface area contributed by atoms with Crippen molar-refractivity contribution in [3.05, 3.63) is 53.6 Å². The fourth-order valence-corrected chi connectivity index (χ4v) is 2.09. The standard InChI is InChI=1S/C16H21N3O/c1-3-20-16-10-6-9-15(18-16)19(2)12-14-8-5-4-7-13(14)11-17/h4-10H,3,11-12,17H2,1-2H3. The molecular formula is C16H21N3O. The molecule has 0 radical (unpaired) electrons. The second kappa shape index (κ2) is 6.91. The normalized spacial score (nSPS) is 10.3. The molecule has 0 atom stereocenters. The number of anilines is 1. The van der Waals surface area contributed by atoms with Crippen LogP contribution in [0.5, 0.6) is 5.88 Å². The molecule has 1 heterocycles. The van der Waals surface area contributed by atoms with Gasteiger partial charge in [0, 0.05) is 26.2 Å². The molecule has 2 rings (SSSR count). The van der Waals surface area contributed by atoms with Gasteiger partial charge in [-0.1, -0.05) is 30.3 Å². The monoisotopic (exact) mass is 271 g/mol. The Kier molecular flexibility index (Phi) is 4.96. The minimum atomic E-state index is 0.552. The molecule has 0 fully saturated rings. The van der Waals surface area contributed by atoms with Gasteiger partial charge in [0.25, 0.3) is 0 Å². The van der Waals surface area contributed by atoms with E-state index in [9.17, 15) is 0 Å². The lowest BCUT2D eigenvalue weighted by Gasteiger charge is -2.20. The number of pyridine rings is 1. The van der Waals surface area contributed by atoms with E-state index in [4.69, 9.17) is 10.5 Å². The lowest BCUT2D eigenvalue weighted by atomic mass is 10.1. The van der Waals surface area contributed by atoms with Gasteiger partial charge in [-0.25, -0.2) is 0 Å². The Balaban J connectivity index is 2.15. The first-order valence-corrected chi connectivity index (χ1v) is 6.82. The molecule has 0 saturated heterocycles. The number of hydrogen-bond acceptors (Lipinski definition) is 4. The zero-order valence-corrected chi connectivity index (χ0v) is 12.0. The molecule has 1 aromatic heterocycles. The van der Waals surface area contributed by atoms with Gasteiger partial charge >= 0.3 is 0 Å². The minimum absolute atomic E-state index is 0.552. The zero-order chi connectivity index (χ0) is 14.4. The van der Waals surface area contributed by atoms with Crippen LogP contribution in [0.4, 0.5) is 5.82 Å². The molecule has 0 aliphatic carbocycles. The lowest BCUT2D eigenvalue weighted by Crippen LogP contribution is -2.19. The van der Waals surface area contributed by atoms with E-state index in [-0.39, 0.29) is 0 Å². The first-order chi connectivity index (χ1) is 9.74. The van der Waals surface area contributed by atoms with Crippen molar-refractivity contribution in [3.63, 3.8) is 0 Å². The maximum Gasteiger partial charge on any atom is 0.215 e. The van der Waals surface area contributed by atoms with Gasteiger partial charge in [-0.15, -0.1) is 0 Å². The second-order valence-electron chi connectivity index (χ2n) is 4.60. The number of ether oxygens (including phenoxy) is 1. The van der Waals surface area contributed by atoms with Gasteiger partial charge in [-0.05, 0) is 24.1 Å². The molecule has 106 valence electrons. The lowest BCUT2D eigenvalue weighted by molar-refractivity contribution is 0.327. The summed E-state index contributed by atoms with van der Waals surface area (Å²) in [6.07, 6.45) is 0. The molecule has 0 unspecified atom stereocenters. The molecule has 0 aliphatic rings. The summed E-state index contributed by atoms with van der Waals surface area (Å²) in [6, 6.07) is 14.0. The maximum absolute atomic E-state index is 5.77. The highest BCUT2D eigenvalue weighted by Crippen LogP contribution is 2.18. The number of nitrogens with zero attached hydrogens (tertiary/aromatic N) is 2. The van der Waals surface area contributed by atoms with Crippen LogP contribution in [0.25, 0.3) is 0 Å². The third kappa shape index (κ3) is 3.48. The zero-order valence-electron chi connectivity index (χ0n) is 12.0. The summed E-state index contributed by atoms with van der Waals surface area (Å²) >= 11 is 0.